The number of hydrogen-bond donors (Lipinski definition) is 3. The molecule has 0 fully saturated rings. The molecule has 0 saturated carbocycles. The SMILES string of the molecule is CNCCCC[C@H](NC)C(=O)O. The van der Waals surface area contributed by atoms with E-state index in [4.69, 9.17) is 5.11 Å². The first-order valence-electron chi connectivity index (χ1n) is 4.27. The highest BCUT2D eigenvalue weighted by molar-refractivity contribution is 5.73. The monoisotopic (exact) mass is 174 g/mol. The number of hydrogen-bond acceptors (Lipinski definition) is 3. The van der Waals surface area contributed by atoms with Crippen LogP contribution in [0, 0.1) is 0 Å². The number of aliphatic carboxylic acids is 1. The lowest BCUT2D eigenvalue weighted by atomic mass is 10.1. The molecule has 3 N–H and O–H groups in total. The number of carboxylic acid groups (broad SMARTS) is 1. The summed E-state index contributed by atoms with van der Waals surface area (Å²) in [6.45, 7) is 0.954. The highest BCUT2D eigenvalue weighted by atomic mass is 16.4. The van der Waals surface area contributed by atoms with Crippen LogP contribution in [0.5, 0.6) is 0 Å². The maximum absolute atomic E-state index is 10.5. The van der Waals surface area contributed by atoms with E-state index in [9.17, 15) is 4.79 Å². The number of unbranched alkanes of at least 4 members (excludes halogenated alkanes) is 1. The van der Waals surface area contributed by atoms with Crippen molar-refractivity contribution in [3.63, 3.8) is 0 Å². The highest BCUT2D eigenvalue weighted by Crippen LogP contribution is 1.99. The minimum Gasteiger partial charge on any atom is -0.480 e. The van der Waals surface area contributed by atoms with Crippen molar-refractivity contribution in [2.45, 2.75) is 25.3 Å². The first kappa shape index (κ1) is 11.4. The van der Waals surface area contributed by atoms with E-state index in [0.717, 1.165) is 19.4 Å². The number of carboxylic acids is 1. The molecular formula is C8H18N2O2. The van der Waals surface area contributed by atoms with Crippen molar-refractivity contribution in [1.82, 2.24) is 10.6 Å². The largest absolute Gasteiger partial charge is 0.480 e. The second-order valence-electron chi connectivity index (χ2n) is 2.78. The van der Waals surface area contributed by atoms with Gasteiger partial charge in [-0.3, -0.25) is 4.79 Å². The lowest BCUT2D eigenvalue weighted by molar-refractivity contribution is -0.139. The zero-order chi connectivity index (χ0) is 9.40. The van der Waals surface area contributed by atoms with Gasteiger partial charge < -0.3 is 15.7 Å². The summed E-state index contributed by atoms with van der Waals surface area (Å²) in [4.78, 5) is 10.5. The van der Waals surface area contributed by atoms with Crippen LogP contribution in [0.2, 0.25) is 0 Å². The average Bonchev–Trinajstić information content (AvgIpc) is 2.04. The Bertz CT molecular complexity index is 128. The van der Waals surface area contributed by atoms with Crippen molar-refractivity contribution in [2.24, 2.45) is 0 Å². The zero-order valence-corrected chi connectivity index (χ0v) is 7.76. The van der Waals surface area contributed by atoms with Crippen molar-refractivity contribution >= 4 is 5.97 Å². The maximum atomic E-state index is 10.5. The molecule has 72 valence electrons. The summed E-state index contributed by atoms with van der Waals surface area (Å²) in [6.07, 6.45) is 2.67. The number of likely N-dealkylation sites (N-methyl/N-ethyl adjacent to an activating group) is 1. The van der Waals surface area contributed by atoms with Crippen LogP contribution in [-0.4, -0.2) is 37.8 Å². The van der Waals surface area contributed by atoms with Gasteiger partial charge in [-0.05, 0) is 33.5 Å². The Balaban J connectivity index is 3.38. The minimum atomic E-state index is -0.762. The van der Waals surface area contributed by atoms with Gasteiger partial charge in [0.2, 0.25) is 0 Å². The Morgan fingerprint density at radius 2 is 2.08 bits per heavy atom. The molecule has 0 aromatic heterocycles. The van der Waals surface area contributed by atoms with Crippen molar-refractivity contribution in [3.05, 3.63) is 0 Å². The van der Waals surface area contributed by atoms with E-state index in [1.54, 1.807) is 7.05 Å². The van der Waals surface area contributed by atoms with Gasteiger partial charge in [0.1, 0.15) is 6.04 Å². The topological polar surface area (TPSA) is 61.4 Å². The molecule has 0 saturated heterocycles. The Kier molecular flexibility index (Phi) is 6.70. The Morgan fingerprint density at radius 1 is 1.42 bits per heavy atom. The molecule has 0 rings (SSSR count). The Morgan fingerprint density at radius 3 is 2.50 bits per heavy atom. The molecular weight excluding hydrogens is 156 g/mol. The minimum absolute atomic E-state index is 0.387. The van der Waals surface area contributed by atoms with Gasteiger partial charge in [0, 0.05) is 0 Å². The van der Waals surface area contributed by atoms with E-state index in [-0.39, 0.29) is 6.04 Å². The van der Waals surface area contributed by atoms with Crippen molar-refractivity contribution in [2.75, 3.05) is 20.6 Å². The molecule has 0 aromatic carbocycles. The summed E-state index contributed by atoms with van der Waals surface area (Å²) >= 11 is 0. The zero-order valence-electron chi connectivity index (χ0n) is 7.76. The molecule has 4 heteroatoms. The molecule has 0 unspecified atom stereocenters. The fourth-order valence-electron chi connectivity index (χ4n) is 1.04. The molecule has 0 aliphatic rings. The van der Waals surface area contributed by atoms with Crippen molar-refractivity contribution in [1.29, 1.82) is 0 Å². The van der Waals surface area contributed by atoms with Crippen molar-refractivity contribution < 1.29 is 9.90 Å². The van der Waals surface area contributed by atoms with Crippen LogP contribution < -0.4 is 10.6 Å². The predicted octanol–water partition coefficient (Wildman–Crippen LogP) is 0.0487. The molecule has 0 bridgehead atoms. The normalized spacial score (nSPS) is 12.8. The fraction of sp³-hybridized carbons (Fsp3) is 0.875. The third-order valence-corrected chi connectivity index (χ3v) is 1.82. The number of nitrogens with one attached hydrogen (secondary N) is 2. The second-order valence-corrected chi connectivity index (χ2v) is 2.78. The summed E-state index contributed by atoms with van der Waals surface area (Å²) in [5.41, 5.74) is 0. The van der Waals surface area contributed by atoms with Gasteiger partial charge in [-0.1, -0.05) is 6.42 Å². The molecule has 0 aromatic rings. The van der Waals surface area contributed by atoms with E-state index in [0.29, 0.717) is 6.42 Å². The van der Waals surface area contributed by atoms with Gasteiger partial charge in [0.25, 0.3) is 0 Å². The lowest BCUT2D eigenvalue weighted by Crippen LogP contribution is -2.33. The van der Waals surface area contributed by atoms with Crippen LogP contribution in [0.1, 0.15) is 19.3 Å². The quantitative estimate of drug-likeness (QED) is 0.477. The molecule has 0 heterocycles. The van der Waals surface area contributed by atoms with Crippen LogP contribution in [0.4, 0.5) is 0 Å². The van der Waals surface area contributed by atoms with Gasteiger partial charge in [0.05, 0.1) is 0 Å². The van der Waals surface area contributed by atoms with Crippen LogP contribution >= 0.6 is 0 Å². The molecule has 12 heavy (non-hydrogen) atoms. The molecule has 0 aliphatic heterocycles. The molecule has 4 nitrogen and oxygen atoms in total. The third kappa shape index (κ3) is 5.09. The van der Waals surface area contributed by atoms with E-state index in [1.807, 2.05) is 7.05 Å². The average molecular weight is 174 g/mol. The van der Waals surface area contributed by atoms with Gasteiger partial charge >= 0.3 is 5.97 Å². The summed E-state index contributed by atoms with van der Waals surface area (Å²) in [6, 6.07) is -0.387. The van der Waals surface area contributed by atoms with E-state index in [1.165, 1.54) is 0 Å². The summed E-state index contributed by atoms with van der Waals surface area (Å²) in [5, 5.41) is 14.4. The first-order chi connectivity index (χ1) is 5.72. The molecule has 0 aliphatic carbocycles. The van der Waals surface area contributed by atoms with Gasteiger partial charge in [-0.15, -0.1) is 0 Å². The van der Waals surface area contributed by atoms with Crippen molar-refractivity contribution in [3.8, 4) is 0 Å². The van der Waals surface area contributed by atoms with Gasteiger partial charge in [0.15, 0.2) is 0 Å². The predicted molar refractivity (Wildman–Crippen MR) is 48.3 cm³/mol. The summed E-state index contributed by atoms with van der Waals surface area (Å²) in [7, 11) is 3.57. The number of rotatable bonds is 7. The molecule has 0 amide bonds. The molecule has 0 radical (unpaired) electrons. The lowest BCUT2D eigenvalue weighted by Gasteiger charge is -2.09. The summed E-state index contributed by atoms with van der Waals surface area (Å²) in [5.74, 6) is -0.762. The van der Waals surface area contributed by atoms with Crippen LogP contribution in [0.3, 0.4) is 0 Å². The van der Waals surface area contributed by atoms with Crippen LogP contribution in [-0.2, 0) is 4.79 Å². The third-order valence-electron chi connectivity index (χ3n) is 1.82. The Labute approximate surface area is 73.3 Å². The van der Waals surface area contributed by atoms with E-state index >= 15 is 0 Å². The maximum Gasteiger partial charge on any atom is 0.320 e. The van der Waals surface area contributed by atoms with E-state index < -0.39 is 5.97 Å². The standard InChI is InChI=1S/C8H18N2O2/c1-9-6-4-3-5-7(10-2)8(11)12/h7,9-10H,3-6H2,1-2H3,(H,11,12)/t7-/m0/s1. The fourth-order valence-corrected chi connectivity index (χ4v) is 1.04. The van der Waals surface area contributed by atoms with Gasteiger partial charge in [-0.25, -0.2) is 0 Å². The molecule has 0 spiro atoms. The first-order valence-corrected chi connectivity index (χ1v) is 4.27. The summed E-state index contributed by atoms with van der Waals surface area (Å²) < 4.78 is 0. The van der Waals surface area contributed by atoms with Crippen LogP contribution in [0.15, 0.2) is 0 Å². The second kappa shape index (κ2) is 7.06. The van der Waals surface area contributed by atoms with Crippen LogP contribution in [0.25, 0.3) is 0 Å². The van der Waals surface area contributed by atoms with Gasteiger partial charge in [-0.2, -0.15) is 0 Å². The number of carbonyl (C=O) groups is 1. The molecule has 1 atom stereocenters. The smallest absolute Gasteiger partial charge is 0.320 e. The van der Waals surface area contributed by atoms with E-state index in [2.05, 4.69) is 10.6 Å². The highest BCUT2D eigenvalue weighted by Gasteiger charge is 2.12. The Hall–Kier alpha value is -0.610.